The molecule has 1 aromatic carbocycles. The Bertz CT molecular complexity index is 687. The van der Waals surface area contributed by atoms with Crippen molar-refractivity contribution in [3.8, 4) is 0 Å². The number of aromatic nitrogens is 1. The first kappa shape index (κ1) is 19.6. The minimum atomic E-state index is -0.632. The number of hydrogen-bond donors (Lipinski definition) is 1. The molecule has 0 aliphatic carbocycles. The third-order valence-corrected chi connectivity index (χ3v) is 4.05. The van der Waals surface area contributed by atoms with Crippen LogP contribution in [0.4, 0.5) is 0 Å². The molecule has 2 aromatic rings. The average Bonchev–Trinajstić information content (AvgIpc) is 2.64. The number of hydrogen-bond acceptors (Lipinski definition) is 4. The molecule has 0 spiro atoms. The Balaban J connectivity index is 1.78. The molecule has 5 heteroatoms. The van der Waals surface area contributed by atoms with Crippen molar-refractivity contribution < 1.29 is 14.3 Å². The number of carbonyl (C=O) groups is 2. The fraction of sp³-hybridized carbons (Fsp3) is 0.381. The second-order valence-electron chi connectivity index (χ2n) is 6.58. The summed E-state index contributed by atoms with van der Waals surface area (Å²) in [7, 11) is 0. The van der Waals surface area contributed by atoms with Crippen molar-refractivity contribution in [2.24, 2.45) is 5.92 Å². The van der Waals surface area contributed by atoms with Gasteiger partial charge < -0.3 is 10.1 Å². The van der Waals surface area contributed by atoms with Crippen LogP contribution in [0.25, 0.3) is 0 Å². The number of nitrogens with zero attached hydrogens (tertiary/aromatic N) is 1. The quantitative estimate of drug-likeness (QED) is 0.555. The zero-order chi connectivity index (χ0) is 18.8. The molecule has 0 unspecified atom stereocenters. The number of aryl methyl sites for hydroxylation is 1. The molecule has 0 saturated carbocycles. The first-order valence-corrected chi connectivity index (χ1v) is 8.95. The molecule has 0 saturated heterocycles. The SMILES string of the molecule is CC(C)[C@H](NC(=O)Cc1ccccc1)C(=O)OCCCc1ccncc1. The Hall–Kier alpha value is -2.69. The van der Waals surface area contributed by atoms with Gasteiger partial charge in [-0.25, -0.2) is 4.79 Å². The molecule has 5 nitrogen and oxygen atoms in total. The van der Waals surface area contributed by atoms with E-state index >= 15 is 0 Å². The van der Waals surface area contributed by atoms with E-state index in [1.807, 2.05) is 56.3 Å². The summed E-state index contributed by atoms with van der Waals surface area (Å²) in [6.07, 6.45) is 5.30. The van der Waals surface area contributed by atoms with Gasteiger partial charge in [0, 0.05) is 12.4 Å². The molecule has 0 bridgehead atoms. The third-order valence-electron chi connectivity index (χ3n) is 4.05. The number of pyridine rings is 1. The number of rotatable bonds is 9. The van der Waals surface area contributed by atoms with E-state index in [4.69, 9.17) is 4.74 Å². The van der Waals surface area contributed by atoms with E-state index in [9.17, 15) is 9.59 Å². The minimum absolute atomic E-state index is 0.0394. The molecule has 1 heterocycles. The summed E-state index contributed by atoms with van der Waals surface area (Å²) in [6, 6.07) is 12.7. The van der Waals surface area contributed by atoms with Crippen LogP contribution in [-0.2, 0) is 27.2 Å². The topological polar surface area (TPSA) is 68.3 Å². The van der Waals surface area contributed by atoms with Crippen molar-refractivity contribution in [2.45, 2.75) is 39.2 Å². The Kier molecular flexibility index (Phi) is 7.80. The third kappa shape index (κ3) is 6.67. The van der Waals surface area contributed by atoms with E-state index < -0.39 is 6.04 Å². The van der Waals surface area contributed by atoms with E-state index in [0.29, 0.717) is 6.61 Å². The van der Waals surface area contributed by atoms with Gasteiger partial charge in [0.2, 0.25) is 5.91 Å². The smallest absolute Gasteiger partial charge is 0.328 e. The average molecular weight is 354 g/mol. The summed E-state index contributed by atoms with van der Waals surface area (Å²) in [6.45, 7) is 4.12. The molecule has 0 radical (unpaired) electrons. The van der Waals surface area contributed by atoms with Gasteiger partial charge in [-0.3, -0.25) is 9.78 Å². The highest BCUT2D eigenvalue weighted by Gasteiger charge is 2.25. The molecule has 1 aromatic heterocycles. The number of nitrogens with one attached hydrogen (secondary N) is 1. The number of carbonyl (C=O) groups excluding carboxylic acids is 2. The lowest BCUT2D eigenvalue weighted by molar-refractivity contribution is -0.149. The minimum Gasteiger partial charge on any atom is -0.464 e. The van der Waals surface area contributed by atoms with Gasteiger partial charge in [-0.2, -0.15) is 0 Å². The normalized spacial score (nSPS) is 11.8. The van der Waals surface area contributed by atoms with Gasteiger partial charge in [-0.15, -0.1) is 0 Å². The molecule has 1 N–H and O–H groups in total. The van der Waals surface area contributed by atoms with Gasteiger partial charge in [-0.05, 0) is 42.0 Å². The number of esters is 1. The van der Waals surface area contributed by atoms with Crippen LogP contribution < -0.4 is 5.32 Å². The predicted octanol–water partition coefficient (Wildman–Crippen LogP) is 2.94. The highest BCUT2D eigenvalue weighted by atomic mass is 16.5. The zero-order valence-corrected chi connectivity index (χ0v) is 15.4. The predicted molar refractivity (Wildman–Crippen MR) is 100 cm³/mol. The lowest BCUT2D eigenvalue weighted by atomic mass is 10.0. The van der Waals surface area contributed by atoms with Crippen molar-refractivity contribution in [1.29, 1.82) is 0 Å². The molecule has 0 fully saturated rings. The summed E-state index contributed by atoms with van der Waals surface area (Å²) in [5.41, 5.74) is 2.07. The van der Waals surface area contributed by atoms with Crippen molar-refractivity contribution in [3.63, 3.8) is 0 Å². The second kappa shape index (κ2) is 10.3. The Labute approximate surface area is 154 Å². The lowest BCUT2D eigenvalue weighted by Crippen LogP contribution is -2.46. The van der Waals surface area contributed by atoms with Crippen LogP contribution >= 0.6 is 0 Å². The number of benzene rings is 1. The second-order valence-corrected chi connectivity index (χ2v) is 6.58. The zero-order valence-electron chi connectivity index (χ0n) is 15.4. The van der Waals surface area contributed by atoms with Crippen molar-refractivity contribution >= 4 is 11.9 Å². The molecule has 0 aliphatic rings. The van der Waals surface area contributed by atoms with Gasteiger partial charge >= 0.3 is 5.97 Å². The maximum absolute atomic E-state index is 12.3. The van der Waals surface area contributed by atoms with Crippen molar-refractivity contribution in [3.05, 3.63) is 66.0 Å². The van der Waals surface area contributed by atoms with Crippen LogP contribution in [0.5, 0.6) is 0 Å². The molecule has 0 aliphatic heterocycles. The lowest BCUT2D eigenvalue weighted by Gasteiger charge is -2.21. The van der Waals surface area contributed by atoms with Crippen molar-refractivity contribution in [1.82, 2.24) is 10.3 Å². The number of ether oxygens (including phenoxy) is 1. The molecule has 1 atom stereocenters. The van der Waals surface area contributed by atoms with E-state index in [-0.39, 0.29) is 24.2 Å². The summed E-state index contributed by atoms with van der Waals surface area (Å²) in [5, 5.41) is 2.80. The largest absolute Gasteiger partial charge is 0.464 e. The Morgan fingerprint density at radius 1 is 1.04 bits per heavy atom. The van der Waals surface area contributed by atoms with Gasteiger partial charge in [0.25, 0.3) is 0 Å². The maximum atomic E-state index is 12.3. The molecular formula is C21H26N2O3. The maximum Gasteiger partial charge on any atom is 0.328 e. The molecular weight excluding hydrogens is 328 g/mol. The van der Waals surface area contributed by atoms with Crippen LogP contribution in [0.2, 0.25) is 0 Å². The van der Waals surface area contributed by atoms with Gasteiger partial charge in [0.1, 0.15) is 6.04 Å². The molecule has 26 heavy (non-hydrogen) atoms. The Morgan fingerprint density at radius 2 is 1.73 bits per heavy atom. The molecule has 1 amide bonds. The van der Waals surface area contributed by atoms with E-state index in [1.165, 1.54) is 0 Å². The van der Waals surface area contributed by atoms with Gasteiger partial charge in [0.15, 0.2) is 0 Å². The summed E-state index contributed by atoms with van der Waals surface area (Å²) < 4.78 is 5.37. The fourth-order valence-electron chi connectivity index (χ4n) is 2.59. The van der Waals surface area contributed by atoms with E-state index in [2.05, 4.69) is 10.3 Å². The van der Waals surface area contributed by atoms with Crippen LogP contribution in [0.1, 0.15) is 31.4 Å². The monoisotopic (exact) mass is 354 g/mol. The summed E-state index contributed by atoms with van der Waals surface area (Å²) >= 11 is 0. The van der Waals surface area contributed by atoms with Crippen LogP contribution in [0.15, 0.2) is 54.9 Å². The van der Waals surface area contributed by atoms with Crippen molar-refractivity contribution in [2.75, 3.05) is 6.61 Å². The fourth-order valence-corrected chi connectivity index (χ4v) is 2.59. The van der Waals surface area contributed by atoms with Gasteiger partial charge in [-0.1, -0.05) is 44.2 Å². The van der Waals surface area contributed by atoms with Crippen LogP contribution in [-0.4, -0.2) is 29.5 Å². The van der Waals surface area contributed by atoms with Crippen LogP contribution in [0.3, 0.4) is 0 Å². The summed E-state index contributed by atoms with van der Waals surface area (Å²) in [4.78, 5) is 28.5. The van der Waals surface area contributed by atoms with Gasteiger partial charge in [0.05, 0.1) is 13.0 Å². The highest BCUT2D eigenvalue weighted by Crippen LogP contribution is 2.07. The summed E-state index contributed by atoms with van der Waals surface area (Å²) in [5.74, 6) is -0.595. The molecule has 138 valence electrons. The first-order chi connectivity index (χ1) is 12.6. The standard InChI is InChI=1S/C21H26N2O3/c1-16(2)20(23-19(24)15-18-7-4-3-5-8-18)21(25)26-14-6-9-17-10-12-22-13-11-17/h3-5,7-8,10-13,16,20H,6,9,14-15H2,1-2H3,(H,23,24)/t20-/m0/s1. The van der Waals surface area contributed by atoms with E-state index in [0.717, 1.165) is 24.0 Å². The van der Waals surface area contributed by atoms with Crippen LogP contribution in [0, 0.1) is 5.92 Å². The molecule has 2 rings (SSSR count). The number of amides is 1. The van der Waals surface area contributed by atoms with E-state index in [1.54, 1.807) is 12.4 Å². The Morgan fingerprint density at radius 3 is 2.38 bits per heavy atom. The first-order valence-electron chi connectivity index (χ1n) is 8.95. The highest BCUT2D eigenvalue weighted by molar-refractivity contribution is 5.85.